The fourth-order valence-electron chi connectivity index (χ4n) is 2.53. The highest BCUT2D eigenvalue weighted by Gasteiger charge is 2.18. The first kappa shape index (κ1) is 17.5. The van der Waals surface area contributed by atoms with Crippen molar-refractivity contribution in [2.24, 2.45) is 5.73 Å². The molecule has 1 heterocycles. The fourth-order valence-corrected chi connectivity index (χ4v) is 2.72. The van der Waals surface area contributed by atoms with Gasteiger partial charge in [-0.1, -0.05) is 29.8 Å². The van der Waals surface area contributed by atoms with Crippen molar-refractivity contribution in [1.82, 2.24) is 15.1 Å². The molecule has 0 aliphatic heterocycles. The monoisotopic (exact) mass is 334 g/mol. The zero-order valence-electron chi connectivity index (χ0n) is 13.6. The molecule has 0 saturated carbocycles. The van der Waals surface area contributed by atoms with Gasteiger partial charge in [-0.25, -0.2) is 0 Å². The number of hydrogen-bond acceptors (Lipinski definition) is 3. The minimum atomic E-state index is -0.0811. The number of nitrogens with one attached hydrogen (secondary N) is 1. The van der Waals surface area contributed by atoms with Crippen molar-refractivity contribution in [3.63, 3.8) is 0 Å². The van der Waals surface area contributed by atoms with Gasteiger partial charge in [-0.3, -0.25) is 9.48 Å². The van der Waals surface area contributed by atoms with Crippen LogP contribution in [0.15, 0.2) is 24.3 Å². The van der Waals surface area contributed by atoms with Crippen molar-refractivity contribution >= 4 is 17.5 Å². The number of carbonyl (C=O) groups is 1. The minimum Gasteiger partial charge on any atom is -0.352 e. The van der Waals surface area contributed by atoms with Gasteiger partial charge in [-0.15, -0.1) is 0 Å². The van der Waals surface area contributed by atoms with E-state index in [9.17, 15) is 4.79 Å². The van der Waals surface area contributed by atoms with Gasteiger partial charge in [0, 0.05) is 17.3 Å². The quantitative estimate of drug-likeness (QED) is 0.764. The molecule has 1 aromatic heterocycles. The van der Waals surface area contributed by atoms with E-state index in [1.165, 1.54) is 0 Å². The molecule has 0 saturated heterocycles. The third kappa shape index (κ3) is 4.33. The van der Waals surface area contributed by atoms with Crippen LogP contribution < -0.4 is 11.1 Å². The van der Waals surface area contributed by atoms with E-state index < -0.39 is 0 Å². The number of rotatable bonds is 7. The number of nitrogens with zero attached hydrogens (tertiary/aromatic N) is 2. The Labute approximate surface area is 141 Å². The Hall–Kier alpha value is -1.85. The normalized spacial score (nSPS) is 10.8. The fraction of sp³-hybridized carbons (Fsp3) is 0.412. The molecule has 0 aliphatic carbocycles. The van der Waals surface area contributed by atoms with E-state index in [-0.39, 0.29) is 5.91 Å². The highest BCUT2D eigenvalue weighted by Crippen LogP contribution is 2.19. The molecular formula is C17H23ClN4O. The molecule has 5 nitrogen and oxygen atoms in total. The Kier molecular flexibility index (Phi) is 6.19. The van der Waals surface area contributed by atoms with Crippen molar-refractivity contribution in [3.8, 4) is 0 Å². The summed E-state index contributed by atoms with van der Waals surface area (Å²) < 4.78 is 1.82. The van der Waals surface area contributed by atoms with Crippen LogP contribution in [0.3, 0.4) is 0 Å². The molecule has 2 aromatic rings. The molecule has 1 aromatic carbocycles. The number of aromatic nitrogens is 2. The molecule has 0 atom stereocenters. The van der Waals surface area contributed by atoms with Gasteiger partial charge in [-0.05, 0) is 44.9 Å². The summed E-state index contributed by atoms with van der Waals surface area (Å²) in [4.78, 5) is 12.4. The van der Waals surface area contributed by atoms with Gasteiger partial charge in [0.1, 0.15) is 0 Å². The molecular weight excluding hydrogens is 312 g/mol. The number of halogens is 1. The summed E-state index contributed by atoms with van der Waals surface area (Å²) >= 11 is 6.20. The van der Waals surface area contributed by atoms with Gasteiger partial charge in [-0.2, -0.15) is 5.10 Å². The maximum atomic E-state index is 12.4. The van der Waals surface area contributed by atoms with Gasteiger partial charge < -0.3 is 11.1 Å². The molecule has 3 N–H and O–H groups in total. The van der Waals surface area contributed by atoms with Gasteiger partial charge in [0.05, 0.1) is 17.8 Å². The lowest BCUT2D eigenvalue weighted by Crippen LogP contribution is -2.26. The number of unbranched alkanes of at least 4 members (excludes halogenated alkanes) is 1. The molecule has 6 heteroatoms. The Balaban J connectivity index is 2.13. The average molecular weight is 335 g/mol. The summed E-state index contributed by atoms with van der Waals surface area (Å²) in [6.07, 6.45) is 1.79. The predicted molar refractivity (Wildman–Crippen MR) is 92.9 cm³/mol. The van der Waals surface area contributed by atoms with Gasteiger partial charge >= 0.3 is 0 Å². The third-order valence-corrected chi connectivity index (χ3v) is 4.17. The lowest BCUT2D eigenvalue weighted by molar-refractivity contribution is 0.0951. The van der Waals surface area contributed by atoms with Crippen LogP contribution in [0, 0.1) is 13.8 Å². The second kappa shape index (κ2) is 8.13. The molecule has 23 heavy (non-hydrogen) atoms. The highest BCUT2D eigenvalue weighted by atomic mass is 35.5. The third-order valence-electron chi connectivity index (χ3n) is 3.80. The van der Waals surface area contributed by atoms with E-state index in [0.29, 0.717) is 30.2 Å². The Morgan fingerprint density at radius 2 is 2.04 bits per heavy atom. The molecule has 0 aliphatic rings. The van der Waals surface area contributed by atoms with Crippen molar-refractivity contribution in [3.05, 3.63) is 51.8 Å². The first-order valence-corrected chi connectivity index (χ1v) is 8.18. The molecule has 0 fully saturated rings. The lowest BCUT2D eigenvalue weighted by Gasteiger charge is -2.08. The summed E-state index contributed by atoms with van der Waals surface area (Å²) in [5.74, 6) is -0.0811. The smallest absolute Gasteiger partial charge is 0.255 e. The molecule has 0 bridgehead atoms. The van der Waals surface area contributed by atoms with Crippen LogP contribution in [0.2, 0.25) is 5.02 Å². The Bertz CT molecular complexity index is 681. The first-order valence-electron chi connectivity index (χ1n) is 7.80. The minimum absolute atomic E-state index is 0.0811. The second-order valence-corrected chi connectivity index (χ2v) is 5.95. The van der Waals surface area contributed by atoms with E-state index in [1.807, 2.05) is 42.8 Å². The van der Waals surface area contributed by atoms with Gasteiger partial charge in [0.15, 0.2) is 0 Å². The Morgan fingerprint density at radius 1 is 1.30 bits per heavy atom. The number of benzene rings is 1. The topological polar surface area (TPSA) is 72.9 Å². The van der Waals surface area contributed by atoms with E-state index in [1.54, 1.807) is 0 Å². The maximum Gasteiger partial charge on any atom is 0.255 e. The van der Waals surface area contributed by atoms with Crippen LogP contribution in [-0.4, -0.2) is 28.8 Å². The lowest BCUT2D eigenvalue weighted by atomic mass is 10.1. The summed E-state index contributed by atoms with van der Waals surface area (Å²) in [5, 5.41) is 8.12. The SMILES string of the molecule is Cc1nn(Cc2ccccc2Cl)c(C)c1C(=O)NCCCCN. The van der Waals surface area contributed by atoms with Crippen LogP contribution in [0.4, 0.5) is 0 Å². The van der Waals surface area contributed by atoms with Crippen molar-refractivity contribution in [1.29, 1.82) is 0 Å². The largest absolute Gasteiger partial charge is 0.352 e. The number of aryl methyl sites for hydroxylation is 1. The highest BCUT2D eigenvalue weighted by molar-refractivity contribution is 6.31. The van der Waals surface area contributed by atoms with E-state index in [4.69, 9.17) is 17.3 Å². The van der Waals surface area contributed by atoms with E-state index >= 15 is 0 Å². The molecule has 0 spiro atoms. The van der Waals surface area contributed by atoms with Crippen LogP contribution in [0.25, 0.3) is 0 Å². The summed E-state index contributed by atoms with van der Waals surface area (Å²) in [7, 11) is 0. The number of nitrogens with two attached hydrogens (primary N) is 1. The van der Waals surface area contributed by atoms with Crippen LogP contribution in [-0.2, 0) is 6.54 Å². The zero-order valence-corrected chi connectivity index (χ0v) is 14.4. The van der Waals surface area contributed by atoms with Crippen molar-refractivity contribution in [2.75, 3.05) is 13.1 Å². The van der Waals surface area contributed by atoms with Gasteiger partial charge in [0.2, 0.25) is 0 Å². The molecule has 1 amide bonds. The summed E-state index contributed by atoms with van der Waals surface area (Å²) in [5.41, 5.74) is 8.65. The van der Waals surface area contributed by atoms with Crippen molar-refractivity contribution < 1.29 is 4.79 Å². The first-order chi connectivity index (χ1) is 11.0. The summed E-state index contributed by atoms with van der Waals surface area (Å²) in [6.45, 7) is 5.58. The second-order valence-electron chi connectivity index (χ2n) is 5.55. The van der Waals surface area contributed by atoms with Crippen LogP contribution in [0.5, 0.6) is 0 Å². The predicted octanol–water partition coefficient (Wildman–Crippen LogP) is 2.67. The number of amides is 1. The Morgan fingerprint density at radius 3 is 2.74 bits per heavy atom. The summed E-state index contributed by atoms with van der Waals surface area (Å²) in [6, 6.07) is 7.66. The van der Waals surface area contributed by atoms with Crippen LogP contribution >= 0.6 is 11.6 Å². The standard InChI is InChI=1S/C17H23ClN4O/c1-12-16(17(23)20-10-6-5-9-19)13(2)22(21-12)11-14-7-3-4-8-15(14)18/h3-4,7-8H,5-6,9-11,19H2,1-2H3,(H,20,23). The molecule has 2 rings (SSSR count). The molecule has 124 valence electrons. The number of hydrogen-bond donors (Lipinski definition) is 2. The van der Waals surface area contributed by atoms with E-state index in [0.717, 1.165) is 29.8 Å². The molecule has 0 unspecified atom stereocenters. The number of carbonyl (C=O) groups excluding carboxylic acids is 1. The average Bonchev–Trinajstić information content (AvgIpc) is 2.80. The molecule has 0 radical (unpaired) electrons. The van der Waals surface area contributed by atoms with E-state index in [2.05, 4.69) is 10.4 Å². The van der Waals surface area contributed by atoms with Crippen LogP contribution in [0.1, 0.15) is 40.2 Å². The van der Waals surface area contributed by atoms with Crippen molar-refractivity contribution in [2.45, 2.75) is 33.2 Å². The maximum absolute atomic E-state index is 12.4. The van der Waals surface area contributed by atoms with Gasteiger partial charge in [0.25, 0.3) is 5.91 Å². The zero-order chi connectivity index (χ0) is 16.8.